The predicted octanol–water partition coefficient (Wildman–Crippen LogP) is 2.49. The van der Waals surface area contributed by atoms with Crippen LogP contribution >= 0.6 is 15.9 Å². The fraction of sp³-hybridized carbons (Fsp3) is 0.0667. The number of benzene rings is 2. The van der Waals surface area contributed by atoms with Gasteiger partial charge in [-0.15, -0.1) is 5.10 Å². The molecule has 1 amide bonds. The molecule has 0 saturated heterocycles. The standard InChI is InChI=1S/C15H11BrFN5O/c16-11-4-6-13(7-5-11)22-14(19-20-21-22)9-18-15(23)10-2-1-3-12(17)8-10/h1-8H,9H2,(H,18,23). The maximum Gasteiger partial charge on any atom is 0.251 e. The van der Waals surface area contributed by atoms with Crippen molar-refractivity contribution in [2.24, 2.45) is 0 Å². The third-order valence-corrected chi connectivity index (χ3v) is 3.63. The van der Waals surface area contributed by atoms with Gasteiger partial charge in [-0.25, -0.2) is 4.39 Å². The molecule has 3 rings (SSSR count). The smallest absolute Gasteiger partial charge is 0.251 e. The quantitative estimate of drug-likeness (QED) is 0.760. The highest BCUT2D eigenvalue weighted by atomic mass is 79.9. The molecule has 1 heterocycles. The lowest BCUT2D eigenvalue weighted by atomic mass is 10.2. The number of aromatic nitrogens is 4. The molecule has 0 bridgehead atoms. The van der Waals surface area contributed by atoms with Crippen LogP contribution in [0.4, 0.5) is 4.39 Å². The largest absolute Gasteiger partial charge is 0.345 e. The maximum absolute atomic E-state index is 13.1. The molecule has 2 aromatic carbocycles. The molecular formula is C15H11BrFN5O. The Kier molecular flexibility index (Phi) is 4.42. The monoisotopic (exact) mass is 375 g/mol. The highest BCUT2D eigenvalue weighted by Crippen LogP contribution is 2.14. The van der Waals surface area contributed by atoms with E-state index in [9.17, 15) is 9.18 Å². The summed E-state index contributed by atoms with van der Waals surface area (Å²) in [6, 6.07) is 12.9. The molecule has 0 fully saturated rings. The first-order valence-electron chi connectivity index (χ1n) is 6.70. The zero-order valence-corrected chi connectivity index (χ0v) is 13.4. The zero-order chi connectivity index (χ0) is 16.2. The van der Waals surface area contributed by atoms with Crippen LogP contribution in [0, 0.1) is 5.82 Å². The van der Waals surface area contributed by atoms with E-state index < -0.39 is 11.7 Å². The Hall–Kier alpha value is -2.61. The number of amides is 1. The molecule has 0 aliphatic heterocycles. The van der Waals surface area contributed by atoms with Gasteiger partial charge in [-0.1, -0.05) is 22.0 Å². The van der Waals surface area contributed by atoms with Gasteiger partial charge in [-0.3, -0.25) is 4.79 Å². The Morgan fingerprint density at radius 1 is 1.22 bits per heavy atom. The van der Waals surface area contributed by atoms with Gasteiger partial charge in [0, 0.05) is 10.0 Å². The van der Waals surface area contributed by atoms with Gasteiger partial charge in [0.1, 0.15) is 5.82 Å². The summed E-state index contributed by atoms with van der Waals surface area (Å²) in [5, 5.41) is 14.1. The number of carbonyl (C=O) groups excluding carboxylic acids is 1. The van der Waals surface area contributed by atoms with Gasteiger partial charge in [0.2, 0.25) is 0 Å². The fourth-order valence-electron chi connectivity index (χ4n) is 1.99. The summed E-state index contributed by atoms with van der Waals surface area (Å²) in [4.78, 5) is 12.0. The SMILES string of the molecule is O=C(NCc1nnnn1-c1ccc(Br)cc1)c1cccc(F)c1. The topological polar surface area (TPSA) is 72.7 Å². The molecule has 0 spiro atoms. The molecule has 0 aliphatic rings. The highest BCUT2D eigenvalue weighted by Gasteiger charge is 2.11. The summed E-state index contributed by atoms with van der Waals surface area (Å²) < 4.78 is 15.6. The lowest BCUT2D eigenvalue weighted by Gasteiger charge is -2.06. The third kappa shape index (κ3) is 3.59. The number of tetrazole rings is 1. The lowest BCUT2D eigenvalue weighted by Crippen LogP contribution is -2.24. The van der Waals surface area contributed by atoms with Crippen LogP contribution in [0.2, 0.25) is 0 Å². The van der Waals surface area contributed by atoms with E-state index in [2.05, 4.69) is 36.8 Å². The van der Waals surface area contributed by atoms with Crippen LogP contribution in [0.25, 0.3) is 5.69 Å². The van der Waals surface area contributed by atoms with Gasteiger partial charge in [0.25, 0.3) is 5.91 Å². The summed E-state index contributed by atoms with van der Waals surface area (Å²) in [6.07, 6.45) is 0. The van der Waals surface area contributed by atoms with Gasteiger partial charge >= 0.3 is 0 Å². The van der Waals surface area contributed by atoms with Gasteiger partial charge in [-0.2, -0.15) is 4.68 Å². The fourth-order valence-corrected chi connectivity index (χ4v) is 2.25. The van der Waals surface area contributed by atoms with Gasteiger partial charge < -0.3 is 5.32 Å². The molecule has 0 saturated carbocycles. The average Bonchev–Trinajstić information content (AvgIpc) is 3.02. The van der Waals surface area contributed by atoms with Crippen molar-refractivity contribution in [2.45, 2.75) is 6.54 Å². The van der Waals surface area contributed by atoms with Crippen LogP contribution < -0.4 is 5.32 Å². The molecule has 116 valence electrons. The summed E-state index contributed by atoms with van der Waals surface area (Å²) in [6.45, 7) is 0.123. The summed E-state index contributed by atoms with van der Waals surface area (Å²) in [7, 11) is 0. The van der Waals surface area contributed by atoms with Crippen molar-refractivity contribution < 1.29 is 9.18 Å². The van der Waals surface area contributed by atoms with Gasteiger partial charge in [-0.05, 0) is 52.9 Å². The average molecular weight is 376 g/mol. The minimum atomic E-state index is -0.461. The van der Waals surface area contributed by atoms with Gasteiger partial charge in [0.05, 0.1) is 12.2 Å². The van der Waals surface area contributed by atoms with Crippen molar-refractivity contribution >= 4 is 21.8 Å². The van der Waals surface area contributed by atoms with Crippen molar-refractivity contribution in [1.29, 1.82) is 0 Å². The molecule has 0 aliphatic carbocycles. The van der Waals surface area contributed by atoms with Crippen LogP contribution in [0.1, 0.15) is 16.2 Å². The van der Waals surface area contributed by atoms with Gasteiger partial charge in [0.15, 0.2) is 5.82 Å². The second kappa shape index (κ2) is 6.66. The molecular weight excluding hydrogens is 365 g/mol. The molecule has 6 nitrogen and oxygen atoms in total. The van der Waals surface area contributed by atoms with E-state index in [0.29, 0.717) is 5.82 Å². The molecule has 3 aromatic rings. The van der Waals surface area contributed by atoms with Crippen LogP contribution in [-0.2, 0) is 6.54 Å². The number of nitrogens with one attached hydrogen (secondary N) is 1. The van der Waals surface area contributed by atoms with E-state index >= 15 is 0 Å². The second-order valence-electron chi connectivity index (χ2n) is 4.68. The second-order valence-corrected chi connectivity index (χ2v) is 5.59. The van der Waals surface area contributed by atoms with Crippen molar-refractivity contribution in [3.05, 3.63) is 70.2 Å². The van der Waals surface area contributed by atoms with E-state index in [0.717, 1.165) is 10.2 Å². The Balaban J connectivity index is 1.73. The van der Waals surface area contributed by atoms with Crippen LogP contribution in [0.5, 0.6) is 0 Å². The predicted molar refractivity (Wildman–Crippen MR) is 84.4 cm³/mol. The van der Waals surface area contributed by atoms with Crippen molar-refractivity contribution in [1.82, 2.24) is 25.5 Å². The lowest BCUT2D eigenvalue weighted by molar-refractivity contribution is 0.0949. The molecule has 0 unspecified atom stereocenters. The van der Waals surface area contributed by atoms with E-state index in [1.54, 1.807) is 0 Å². The van der Waals surface area contributed by atoms with E-state index in [4.69, 9.17) is 0 Å². The Morgan fingerprint density at radius 2 is 2.00 bits per heavy atom. The van der Waals surface area contributed by atoms with Crippen LogP contribution in [0.3, 0.4) is 0 Å². The molecule has 0 radical (unpaired) electrons. The van der Waals surface area contributed by atoms with Crippen LogP contribution in [0.15, 0.2) is 53.0 Å². The first-order chi connectivity index (χ1) is 11.1. The molecule has 0 atom stereocenters. The molecule has 23 heavy (non-hydrogen) atoms. The van der Waals surface area contributed by atoms with Crippen molar-refractivity contribution in [3.63, 3.8) is 0 Å². The number of rotatable bonds is 4. The molecule has 1 aromatic heterocycles. The summed E-state index contributed by atoms with van der Waals surface area (Å²) in [5.41, 5.74) is 1.01. The first kappa shape index (κ1) is 15.3. The minimum absolute atomic E-state index is 0.123. The van der Waals surface area contributed by atoms with Crippen molar-refractivity contribution in [3.8, 4) is 5.69 Å². The zero-order valence-electron chi connectivity index (χ0n) is 11.8. The third-order valence-electron chi connectivity index (χ3n) is 3.10. The first-order valence-corrected chi connectivity index (χ1v) is 7.50. The number of nitrogens with zero attached hydrogens (tertiary/aromatic N) is 4. The molecule has 1 N–H and O–H groups in total. The van der Waals surface area contributed by atoms with Crippen LogP contribution in [-0.4, -0.2) is 26.1 Å². The number of carbonyl (C=O) groups is 1. The summed E-state index contributed by atoms with van der Waals surface area (Å²) in [5.74, 6) is -0.385. The summed E-state index contributed by atoms with van der Waals surface area (Å²) >= 11 is 3.36. The Labute approximate surface area is 139 Å². The van der Waals surface area contributed by atoms with E-state index in [1.807, 2.05) is 24.3 Å². The molecule has 8 heteroatoms. The minimum Gasteiger partial charge on any atom is -0.345 e. The van der Waals surface area contributed by atoms with E-state index in [1.165, 1.54) is 28.9 Å². The van der Waals surface area contributed by atoms with Crippen molar-refractivity contribution in [2.75, 3.05) is 0 Å². The number of hydrogen-bond donors (Lipinski definition) is 1. The maximum atomic E-state index is 13.1. The Bertz CT molecular complexity index is 834. The Morgan fingerprint density at radius 3 is 2.74 bits per heavy atom. The normalized spacial score (nSPS) is 10.5. The van der Waals surface area contributed by atoms with E-state index in [-0.39, 0.29) is 12.1 Å². The number of hydrogen-bond acceptors (Lipinski definition) is 4. The highest BCUT2D eigenvalue weighted by molar-refractivity contribution is 9.10. The number of halogens is 2.